The topological polar surface area (TPSA) is 35.2 Å². The molecule has 0 heterocycles. The average Bonchev–Trinajstić information content (AvgIpc) is 2.25. The van der Waals surface area contributed by atoms with Crippen molar-refractivity contribution in [1.29, 1.82) is 0 Å². The number of ether oxygens (including phenoxy) is 1. The van der Waals surface area contributed by atoms with Crippen molar-refractivity contribution >= 4 is 0 Å². The van der Waals surface area contributed by atoms with E-state index in [0.29, 0.717) is 5.41 Å². The zero-order chi connectivity index (χ0) is 11.4. The first kappa shape index (κ1) is 11.5. The van der Waals surface area contributed by atoms with E-state index in [1.807, 2.05) is 6.92 Å². The number of hydrogen-bond donors (Lipinski definition) is 1. The Morgan fingerprint density at radius 2 is 1.94 bits per heavy atom. The highest BCUT2D eigenvalue weighted by Crippen LogP contribution is 2.46. The summed E-state index contributed by atoms with van der Waals surface area (Å²) in [6, 6.07) is 8.57. The summed E-state index contributed by atoms with van der Waals surface area (Å²) in [5.41, 5.74) is 7.53. The number of rotatable bonds is 5. The minimum absolute atomic E-state index is 0.374. The van der Waals surface area contributed by atoms with Gasteiger partial charge in [0.05, 0.1) is 6.61 Å². The lowest BCUT2D eigenvalue weighted by Gasteiger charge is -2.42. The Morgan fingerprint density at radius 1 is 1.25 bits per heavy atom. The maximum Gasteiger partial charge on any atom is 0.119 e. The van der Waals surface area contributed by atoms with Crippen molar-refractivity contribution in [2.75, 3.05) is 13.2 Å². The first-order chi connectivity index (χ1) is 7.80. The first-order valence-corrected chi connectivity index (χ1v) is 6.24. The van der Waals surface area contributed by atoms with Gasteiger partial charge in [-0.15, -0.1) is 0 Å². The van der Waals surface area contributed by atoms with Crippen molar-refractivity contribution in [3.63, 3.8) is 0 Å². The lowest BCUT2D eigenvalue weighted by Crippen LogP contribution is -2.36. The van der Waals surface area contributed by atoms with Crippen LogP contribution in [0.5, 0.6) is 5.75 Å². The Morgan fingerprint density at radius 3 is 2.38 bits per heavy atom. The van der Waals surface area contributed by atoms with Crippen molar-refractivity contribution < 1.29 is 4.74 Å². The molecule has 1 aliphatic rings. The van der Waals surface area contributed by atoms with Crippen molar-refractivity contribution in [3.05, 3.63) is 29.8 Å². The molecule has 0 bridgehead atoms. The van der Waals surface area contributed by atoms with E-state index >= 15 is 0 Å². The van der Waals surface area contributed by atoms with Crippen molar-refractivity contribution in [2.45, 2.75) is 38.0 Å². The molecule has 0 aliphatic heterocycles. The quantitative estimate of drug-likeness (QED) is 0.826. The van der Waals surface area contributed by atoms with Crippen LogP contribution >= 0.6 is 0 Å². The van der Waals surface area contributed by atoms with Crippen LogP contribution in [0.1, 0.15) is 38.2 Å². The Hall–Kier alpha value is -1.02. The van der Waals surface area contributed by atoms with Gasteiger partial charge < -0.3 is 10.5 Å². The van der Waals surface area contributed by atoms with Gasteiger partial charge in [0.1, 0.15) is 5.75 Å². The molecule has 0 unspecified atom stereocenters. The van der Waals surface area contributed by atoms with Gasteiger partial charge in [-0.1, -0.05) is 18.6 Å². The molecule has 1 aromatic rings. The van der Waals surface area contributed by atoms with E-state index in [2.05, 4.69) is 24.3 Å². The van der Waals surface area contributed by atoms with Crippen molar-refractivity contribution in [3.8, 4) is 5.75 Å². The van der Waals surface area contributed by atoms with Crippen LogP contribution in [0.15, 0.2) is 24.3 Å². The van der Waals surface area contributed by atoms with Gasteiger partial charge in [-0.05, 0) is 55.8 Å². The molecule has 0 spiro atoms. The minimum Gasteiger partial charge on any atom is -0.494 e. The van der Waals surface area contributed by atoms with E-state index in [9.17, 15) is 0 Å². The molecule has 0 atom stereocenters. The molecule has 2 rings (SSSR count). The van der Waals surface area contributed by atoms with Crippen LogP contribution in [0.3, 0.4) is 0 Å². The van der Waals surface area contributed by atoms with Crippen molar-refractivity contribution in [2.24, 2.45) is 5.73 Å². The molecule has 0 saturated heterocycles. The van der Waals surface area contributed by atoms with E-state index in [4.69, 9.17) is 10.5 Å². The second-order valence-electron chi connectivity index (χ2n) is 4.63. The fourth-order valence-electron chi connectivity index (χ4n) is 2.63. The van der Waals surface area contributed by atoms with Crippen LogP contribution in [0.25, 0.3) is 0 Å². The van der Waals surface area contributed by atoms with Gasteiger partial charge in [0.25, 0.3) is 0 Å². The average molecular weight is 219 g/mol. The number of benzene rings is 1. The van der Waals surface area contributed by atoms with E-state index in [-0.39, 0.29) is 0 Å². The lowest BCUT2D eigenvalue weighted by molar-refractivity contribution is 0.229. The van der Waals surface area contributed by atoms with E-state index in [0.717, 1.165) is 25.3 Å². The van der Waals surface area contributed by atoms with Gasteiger partial charge in [-0.25, -0.2) is 0 Å². The molecule has 0 aromatic heterocycles. The first-order valence-electron chi connectivity index (χ1n) is 6.24. The largest absolute Gasteiger partial charge is 0.494 e. The molecule has 1 aliphatic carbocycles. The fraction of sp³-hybridized carbons (Fsp3) is 0.571. The summed E-state index contributed by atoms with van der Waals surface area (Å²) in [5.74, 6) is 0.966. The third-order valence-corrected chi connectivity index (χ3v) is 3.71. The van der Waals surface area contributed by atoms with Crippen LogP contribution < -0.4 is 10.5 Å². The minimum atomic E-state index is 0.374. The summed E-state index contributed by atoms with van der Waals surface area (Å²) in [6.07, 6.45) is 5.03. The molecule has 2 N–H and O–H groups in total. The molecule has 1 saturated carbocycles. The molecule has 0 radical (unpaired) electrons. The second-order valence-corrected chi connectivity index (χ2v) is 4.63. The lowest BCUT2D eigenvalue weighted by atomic mass is 9.62. The van der Waals surface area contributed by atoms with Crippen LogP contribution in [-0.4, -0.2) is 13.2 Å². The molecule has 2 nitrogen and oxygen atoms in total. The van der Waals surface area contributed by atoms with Crippen LogP contribution in [0, 0.1) is 0 Å². The Kier molecular flexibility index (Phi) is 3.49. The Balaban J connectivity index is 2.13. The summed E-state index contributed by atoms with van der Waals surface area (Å²) in [4.78, 5) is 0. The molecule has 16 heavy (non-hydrogen) atoms. The molecule has 1 fully saturated rings. The van der Waals surface area contributed by atoms with Crippen LogP contribution in [-0.2, 0) is 5.41 Å². The highest BCUT2D eigenvalue weighted by molar-refractivity contribution is 5.34. The highest BCUT2D eigenvalue weighted by atomic mass is 16.5. The molecule has 0 amide bonds. The monoisotopic (exact) mass is 219 g/mol. The van der Waals surface area contributed by atoms with Crippen LogP contribution in [0.2, 0.25) is 0 Å². The zero-order valence-corrected chi connectivity index (χ0v) is 10.0. The van der Waals surface area contributed by atoms with E-state index in [1.54, 1.807) is 0 Å². The summed E-state index contributed by atoms with van der Waals surface area (Å²) in [7, 11) is 0. The maximum absolute atomic E-state index is 5.71. The van der Waals surface area contributed by atoms with Gasteiger partial charge in [0.2, 0.25) is 0 Å². The van der Waals surface area contributed by atoms with Gasteiger partial charge >= 0.3 is 0 Å². The molecule has 2 heteroatoms. The van der Waals surface area contributed by atoms with Gasteiger partial charge in [0.15, 0.2) is 0 Å². The van der Waals surface area contributed by atoms with Gasteiger partial charge in [-0.2, -0.15) is 0 Å². The third-order valence-electron chi connectivity index (χ3n) is 3.71. The molecule has 1 aromatic carbocycles. The SMILES string of the molecule is CCOc1ccc(C2(CCN)CCC2)cc1. The van der Waals surface area contributed by atoms with Crippen LogP contribution in [0.4, 0.5) is 0 Å². The van der Waals surface area contributed by atoms with Crippen molar-refractivity contribution in [1.82, 2.24) is 0 Å². The normalized spacial score (nSPS) is 17.9. The second kappa shape index (κ2) is 4.88. The van der Waals surface area contributed by atoms with E-state index in [1.165, 1.54) is 24.8 Å². The third kappa shape index (κ3) is 2.07. The number of nitrogens with two attached hydrogens (primary N) is 1. The summed E-state index contributed by atoms with van der Waals surface area (Å²) in [6.45, 7) is 3.52. The predicted molar refractivity (Wildman–Crippen MR) is 66.8 cm³/mol. The summed E-state index contributed by atoms with van der Waals surface area (Å²) in [5, 5.41) is 0. The predicted octanol–water partition coefficient (Wildman–Crippen LogP) is 2.86. The van der Waals surface area contributed by atoms with Gasteiger partial charge in [0, 0.05) is 0 Å². The number of hydrogen-bond acceptors (Lipinski definition) is 2. The smallest absolute Gasteiger partial charge is 0.119 e. The standard InChI is InChI=1S/C14H21NO/c1-2-16-13-6-4-12(5-7-13)14(10-11-15)8-3-9-14/h4-7H,2-3,8-11,15H2,1H3. The maximum atomic E-state index is 5.71. The Labute approximate surface area is 97.8 Å². The Bertz CT molecular complexity index is 327. The van der Waals surface area contributed by atoms with Gasteiger partial charge in [-0.3, -0.25) is 0 Å². The summed E-state index contributed by atoms with van der Waals surface area (Å²) < 4.78 is 5.46. The fourth-order valence-corrected chi connectivity index (χ4v) is 2.63. The molecular formula is C14H21NO. The van der Waals surface area contributed by atoms with E-state index < -0.39 is 0 Å². The molecular weight excluding hydrogens is 198 g/mol. The zero-order valence-electron chi connectivity index (χ0n) is 10.0. The highest BCUT2D eigenvalue weighted by Gasteiger charge is 2.37. The molecule has 88 valence electrons. The summed E-state index contributed by atoms with van der Waals surface area (Å²) >= 11 is 0.